The normalized spacial score (nSPS) is 24.5. The van der Waals surface area contributed by atoms with Crippen molar-refractivity contribution in [3.8, 4) is 0 Å². The molecular weight excluding hydrogens is 294 g/mol. The summed E-state index contributed by atoms with van der Waals surface area (Å²) in [5.74, 6) is 0.228. The van der Waals surface area contributed by atoms with Crippen molar-refractivity contribution in [3.63, 3.8) is 0 Å². The van der Waals surface area contributed by atoms with Crippen molar-refractivity contribution >= 4 is 5.91 Å². The molecule has 1 aromatic rings. The van der Waals surface area contributed by atoms with Crippen LogP contribution < -0.4 is 5.69 Å². The highest BCUT2D eigenvalue weighted by Gasteiger charge is 2.46. The minimum atomic E-state index is -0.805. The molecule has 0 saturated carbocycles. The summed E-state index contributed by atoms with van der Waals surface area (Å²) in [6.45, 7) is 10.6. The van der Waals surface area contributed by atoms with E-state index in [4.69, 9.17) is 0 Å². The number of aromatic nitrogens is 2. The van der Waals surface area contributed by atoms with Crippen LogP contribution in [0.3, 0.4) is 0 Å². The Kier molecular flexibility index (Phi) is 4.94. The number of H-pyrrole nitrogens is 1. The van der Waals surface area contributed by atoms with Gasteiger partial charge in [0.2, 0.25) is 5.91 Å². The van der Waals surface area contributed by atoms with E-state index in [9.17, 15) is 14.7 Å². The summed E-state index contributed by atoms with van der Waals surface area (Å²) in [5, 5.41) is 10.7. The van der Waals surface area contributed by atoms with E-state index in [1.54, 1.807) is 11.8 Å². The number of likely N-dealkylation sites (tertiary alicyclic amines) is 1. The van der Waals surface area contributed by atoms with Crippen LogP contribution in [0.4, 0.5) is 0 Å². The van der Waals surface area contributed by atoms with Gasteiger partial charge in [-0.2, -0.15) is 4.98 Å². The standard InChI is InChI=1S/C17H27N3O3/c1-10(2)17(23)9-20(8-11(17)3)15(21)7-6-14-12(4)18-16(22)19-13(14)5/h10-11,23H,6-9H2,1-5H3,(H,18,19,22)/t11-,17-/m1/s1. The lowest BCUT2D eigenvalue weighted by atomic mass is 9.82. The Labute approximate surface area is 136 Å². The zero-order chi connectivity index (χ0) is 17.4. The molecule has 0 aromatic carbocycles. The van der Waals surface area contributed by atoms with Gasteiger partial charge in [0.25, 0.3) is 0 Å². The van der Waals surface area contributed by atoms with Crippen LogP contribution in [0, 0.1) is 25.7 Å². The lowest BCUT2D eigenvalue weighted by Crippen LogP contribution is -2.43. The smallest absolute Gasteiger partial charge is 0.345 e. The third kappa shape index (κ3) is 3.47. The quantitative estimate of drug-likeness (QED) is 0.872. The maximum absolute atomic E-state index is 12.5. The second-order valence-corrected chi connectivity index (χ2v) is 7.05. The fraction of sp³-hybridized carbons (Fsp3) is 0.706. The van der Waals surface area contributed by atoms with Gasteiger partial charge in [0.15, 0.2) is 0 Å². The van der Waals surface area contributed by atoms with Crippen molar-refractivity contribution in [2.24, 2.45) is 11.8 Å². The second kappa shape index (κ2) is 6.43. The highest BCUT2D eigenvalue weighted by atomic mass is 16.3. The number of nitrogens with zero attached hydrogens (tertiary/aromatic N) is 2. The first-order chi connectivity index (χ1) is 10.6. The van der Waals surface area contributed by atoms with Crippen molar-refractivity contribution in [2.45, 2.75) is 53.1 Å². The Bertz CT molecular complexity index is 627. The predicted molar refractivity (Wildman–Crippen MR) is 88.2 cm³/mol. The first kappa shape index (κ1) is 17.7. The van der Waals surface area contributed by atoms with Crippen LogP contribution in [-0.2, 0) is 11.2 Å². The minimum absolute atomic E-state index is 0.0402. The van der Waals surface area contributed by atoms with Crippen LogP contribution in [0.15, 0.2) is 4.79 Å². The number of nitrogens with one attached hydrogen (secondary N) is 1. The van der Waals surface area contributed by atoms with Crippen molar-refractivity contribution in [1.82, 2.24) is 14.9 Å². The summed E-state index contributed by atoms with van der Waals surface area (Å²) in [4.78, 5) is 32.1. The van der Waals surface area contributed by atoms with Crippen molar-refractivity contribution < 1.29 is 9.90 Å². The van der Waals surface area contributed by atoms with Crippen molar-refractivity contribution in [1.29, 1.82) is 0 Å². The summed E-state index contributed by atoms with van der Waals surface area (Å²) in [7, 11) is 0. The van der Waals surface area contributed by atoms with Gasteiger partial charge in [-0.05, 0) is 31.7 Å². The van der Waals surface area contributed by atoms with E-state index in [1.165, 1.54) is 0 Å². The van der Waals surface area contributed by atoms with Gasteiger partial charge < -0.3 is 15.0 Å². The van der Waals surface area contributed by atoms with Crippen LogP contribution in [0.25, 0.3) is 0 Å². The van der Waals surface area contributed by atoms with Crippen LogP contribution in [0.5, 0.6) is 0 Å². The molecule has 1 fully saturated rings. The summed E-state index contributed by atoms with van der Waals surface area (Å²) in [5.41, 5.74) is 1.20. The molecule has 1 aliphatic heterocycles. The van der Waals surface area contributed by atoms with Gasteiger partial charge in [-0.25, -0.2) is 4.79 Å². The van der Waals surface area contributed by atoms with Gasteiger partial charge in [0.05, 0.1) is 5.60 Å². The maximum atomic E-state index is 12.5. The molecule has 0 radical (unpaired) electrons. The van der Waals surface area contributed by atoms with Crippen LogP contribution >= 0.6 is 0 Å². The fourth-order valence-electron chi connectivity index (χ4n) is 3.47. The van der Waals surface area contributed by atoms with E-state index < -0.39 is 5.60 Å². The molecule has 6 heteroatoms. The number of amides is 1. The highest BCUT2D eigenvalue weighted by molar-refractivity contribution is 5.77. The van der Waals surface area contributed by atoms with Gasteiger partial charge in [-0.1, -0.05) is 20.8 Å². The van der Waals surface area contributed by atoms with Gasteiger partial charge in [0, 0.05) is 36.8 Å². The Morgan fingerprint density at radius 2 is 2.13 bits per heavy atom. The number of carbonyl (C=O) groups excluding carboxylic acids is 1. The van der Waals surface area contributed by atoms with E-state index in [0.717, 1.165) is 11.3 Å². The molecule has 6 nitrogen and oxygen atoms in total. The minimum Gasteiger partial charge on any atom is -0.387 e. The monoisotopic (exact) mass is 321 g/mol. The highest BCUT2D eigenvalue weighted by Crippen LogP contribution is 2.34. The lowest BCUT2D eigenvalue weighted by Gasteiger charge is -2.31. The molecule has 2 atom stereocenters. The molecule has 1 aromatic heterocycles. The van der Waals surface area contributed by atoms with E-state index in [0.29, 0.717) is 31.6 Å². The van der Waals surface area contributed by atoms with E-state index >= 15 is 0 Å². The zero-order valence-electron chi connectivity index (χ0n) is 14.6. The number of rotatable bonds is 4. The van der Waals surface area contributed by atoms with Gasteiger partial charge >= 0.3 is 5.69 Å². The summed E-state index contributed by atoms with van der Waals surface area (Å²) in [6.07, 6.45) is 0.904. The third-order valence-corrected chi connectivity index (χ3v) is 5.19. The average molecular weight is 321 g/mol. The van der Waals surface area contributed by atoms with E-state index in [-0.39, 0.29) is 23.4 Å². The molecule has 23 heavy (non-hydrogen) atoms. The number of aliphatic hydroxyl groups is 1. The van der Waals surface area contributed by atoms with E-state index in [2.05, 4.69) is 9.97 Å². The number of aromatic amines is 1. The largest absolute Gasteiger partial charge is 0.387 e. The average Bonchev–Trinajstić information content (AvgIpc) is 2.75. The molecule has 0 aliphatic carbocycles. The van der Waals surface area contributed by atoms with Gasteiger partial charge in [-0.15, -0.1) is 0 Å². The third-order valence-electron chi connectivity index (χ3n) is 5.19. The number of hydrogen-bond acceptors (Lipinski definition) is 4. The molecule has 1 aliphatic rings. The predicted octanol–water partition coefficient (Wildman–Crippen LogP) is 1.18. The molecule has 0 bridgehead atoms. The first-order valence-corrected chi connectivity index (χ1v) is 8.21. The molecule has 0 spiro atoms. The Balaban J connectivity index is 2.03. The summed E-state index contributed by atoms with van der Waals surface area (Å²) < 4.78 is 0. The SMILES string of the molecule is Cc1nc(=O)[nH]c(C)c1CCC(=O)N1C[C@@H](C)[C@](O)(C(C)C)C1. The summed E-state index contributed by atoms with van der Waals surface area (Å²) in [6, 6.07) is 0. The Hall–Kier alpha value is -1.69. The Morgan fingerprint density at radius 1 is 1.48 bits per heavy atom. The first-order valence-electron chi connectivity index (χ1n) is 8.21. The number of hydrogen-bond donors (Lipinski definition) is 2. The van der Waals surface area contributed by atoms with E-state index in [1.807, 2.05) is 27.7 Å². The number of carbonyl (C=O) groups is 1. The maximum Gasteiger partial charge on any atom is 0.345 e. The Morgan fingerprint density at radius 3 is 2.65 bits per heavy atom. The van der Waals surface area contributed by atoms with Crippen LogP contribution in [0.1, 0.15) is 44.1 Å². The molecule has 2 N–H and O–H groups in total. The topological polar surface area (TPSA) is 86.3 Å². The van der Waals surface area contributed by atoms with Crippen molar-refractivity contribution in [3.05, 3.63) is 27.4 Å². The number of β-amino-alcohol motifs (C(OH)–C–C–N with tert-alkyl or cyclic N) is 1. The van der Waals surface area contributed by atoms with Gasteiger partial charge in [-0.3, -0.25) is 4.79 Å². The molecule has 2 rings (SSSR count). The molecule has 2 heterocycles. The van der Waals surface area contributed by atoms with Crippen molar-refractivity contribution in [2.75, 3.05) is 13.1 Å². The molecule has 0 unspecified atom stereocenters. The summed E-state index contributed by atoms with van der Waals surface area (Å²) >= 11 is 0. The van der Waals surface area contributed by atoms with Crippen LogP contribution in [-0.4, -0.2) is 44.6 Å². The molecule has 1 amide bonds. The molecular formula is C17H27N3O3. The lowest BCUT2D eigenvalue weighted by molar-refractivity contribution is -0.131. The second-order valence-electron chi connectivity index (χ2n) is 7.05. The molecule has 128 valence electrons. The van der Waals surface area contributed by atoms with Crippen LogP contribution in [0.2, 0.25) is 0 Å². The van der Waals surface area contributed by atoms with Gasteiger partial charge in [0.1, 0.15) is 0 Å². The fourth-order valence-corrected chi connectivity index (χ4v) is 3.47. The molecule has 1 saturated heterocycles. The number of aryl methyl sites for hydroxylation is 2. The zero-order valence-corrected chi connectivity index (χ0v) is 14.6.